The first-order valence-electron chi connectivity index (χ1n) is 6.06. The summed E-state index contributed by atoms with van der Waals surface area (Å²) in [5, 5.41) is 4.32. The van der Waals surface area contributed by atoms with Crippen LogP contribution in [0.5, 0.6) is 0 Å². The highest BCUT2D eigenvalue weighted by Gasteiger charge is 2.12. The van der Waals surface area contributed by atoms with Crippen LogP contribution in [0.15, 0.2) is 39.5 Å². The van der Waals surface area contributed by atoms with Gasteiger partial charge in [0.15, 0.2) is 4.77 Å². The molecule has 0 aliphatic heterocycles. The van der Waals surface area contributed by atoms with E-state index in [0.29, 0.717) is 6.04 Å². The standard InChI is InChI=1S/C14H13BrN2S2/c1-9(6-10-4-5-19-8-10)17-13-7-11(15)2-3-12(13)16-14(17)18/h2-5,7-9H,6H2,1H3,(H,16,18). The van der Waals surface area contributed by atoms with E-state index in [2.05, 4.69) is 61.4 Å². The van der Waals surface area contributed by atoms with Crippen LogP contribution >= 0.6 is 39.5 Å². The molecule has 1 unspecified atom stereocenters. The number of aromatic nitrogens is 2. The maximum Gasteiger partial charge on any atom is 0.178 e. The number of aromatic amines is 1. The van der Waals surface area contributed by atoms with Gasteiger partial charge >= 0.3 is 0 Å². The summed E-state index contributed by atoms with van der Waals surface area (Å²) >= 11 is 10.7. The smallest absolute Gasteiger partial charge is 0.178 e. The Bertz CT molecular complexity index is 755. The summed E-state index contributed by atoms with van der Waals surface area (Å²) in [6, 6.07) is 8.72. The Morgan fingerprint density at radius 1 is 1.42 bits per heavy atom. The van der Waals surface area contributed by atoms with E-state index in [1.807, 2.05) is 6.07 Å². The molecule has 5 heteroatoms. The largest absolute Gasteiger partial charge is 0.331 e. The number of fused-ring (bicyclic) bond motifs is 1. The van der Waals surface area contributed by atoms with Crippen LogP contribution < -0.4 is 0 Å². The topological polar surface area (TPSA) is 20.7 Å². The highest BCUT2D eigenvalue weighted by Crippen LogP contribution is 2.25. The van der Waals surface area contributed by atoms with E-state index in [0.717, 1.165) is 26.7 Å². The zero-order chi connectivity index (χ0) is 13.4. The van der Waals surface area contributed by atoms with Crippen molar-refractivity contribution in [3.05, 3.63) is 49.8 Å². The fourth-order valence-electron chi connectivity index (χ4n) is 2.37. The number of hydrogen-bond acceptors (Lipinski definition) is 2. The number of imidazole rings is 1. The molecule has 0 amide bonds. The quantitative estimate of drug-likeness (QED) is 0.632. The highest BCUT2D eigenvalue weighted by molar-refractivity contribution is 9.10. The molecule has 1 atom stereocenters. The highest BCUT2D eigenvalue weighted by atomic mass is 79.9. The second kappa shape index (κ2) is 5.23. The normalized spacial score (nSPS) is 12.9. The third kappa shape index (κ3) is 2.55. The van der Waals surface area contributed by atoms with Crippen LogP contribution in [0.2, 0.25) is 0 Å². The van der Waals surface area contributed by atoms with E-state index in [-0.39, 0.29) is 0 Å². The molecule has 1 N–H and O–H groups in total. The Balaban J connectivity index is 2.06. The molecule has 0 saturated heterocycles. The zero-order valence-corrected chi connectivity index (χ0v) is 13.6. The van der Waals surface area contributed by atoms with Crippen molar-refractivity contribution in [2.45, 2.75) is 19.4 Å². The van der Waals surface area contributed by atoms with E-state index in [4.69, 9.17) is 12.2 Å². The van der Waals surface area contributed by atoms with Crippen molar-refractivity contribution in [1.29, 1.82) is 0 Å². The van der Waals surface area contributed by atoms with Crippen LogP contribution in [-0.4, -0.2) is 9.55 Å². The summed E-state index contributed by atoms with van der Waals surface area (Å²) in [7, 11) is 0. The van der Waals surface area contributed by atoms with E-state index < -0.39 is 0 Å². The van der Waals surface area contributed by atoms with Gasteiger partial charge in [0.1, 0.15) is 0 Å². The Morgan fingerprint density at radius 3 is 3.00 bits per heavy atom. The number of H-pyrrole nitrogens is 1. The van der Waals surface area contributed by atoms with Crippen molar-refractivity contribution < 1.29 is 0 Å². The Morgan fingerprint density at radius 2 is 2.26 bits per heavy atom. The number of nitrogens with one attached hydrogen (secondary N) is 1. The molecule has 2 nitrogen and oxygen atoms in total. The number of hydrogen-bond donors (Lipinski definition) is 1. The van der Waals surface area contributed by atoms with Gasteiger partial charge in [0, 0.05) is 10.5 Å². The van der Waals surface area contributed by atoms with Gasteiger partial charge < -0.3 is 9.55 Å². The van der Waals surface area contributed by atoms with E-state index >= 15 is 0 Å². The molecule has 0 spiro atoms. The molecule has 0 saturated carbocycles. The monoisotopic (exact) mass is 352 g/mol. The molecule has 1 aromatic carbocycles. The summed E-state index contributed by atoms with van der Waals surface area (Å²) in [6.45, 7) is 2.21. The number of benzene rings is 1. The molecule has 19 heavy (non-hydrogen) atoms. The Labute approximate surface area is 129 Å². The summed E-state index contributed by atoms with van der Waals surface area (Å²) in [5.41, 5.74) is 3.61. The van der Waals surface area contributed by atoms with Gasteiger partial charge in [-0.15, -0.1) is 0 Å². The molecular formula is C14H13BrN2S2. The SMILES string of the molecule is CC(Cc1ccsc1)n1c(=S)[nH]c2ccc(Br)cc21. The molecular weight excluding hydrogens is 340 g/mol. The molecule has 0 aliphatic rings. The van der Waals surface area contributed by atoms with Gasteiger partial charge in [-0.05, 0) is 66.2 Å². The number of thiophene rings is 1. The minimum absolute atomic E-state index is 0.338. The van der Waals surface area contributed by atoms with E-state index in [9.17, 15) is 0 Å². The predicted molar refractivity (Wildman–Crippen MR) is 87.6 cm³/mol. The van der Waals surface area contributed by atoms with Gasteiger partial charge in [-0.2, -0.15) is 11.3 Å². The first-order valence-corrected chi connectivity index (χ1v) is 8.20. The number of rotatable bonds is 3. The zero-order valence-electron chi connectivity index (χ0n) is 10.4. The fraction of sp³-hybridized carbons (Fsp3) is 0.214. The fourth-order valence-corrected chi connectivity index (χ4v) is 3.79. The first kappa shape index (κ1) is 13.1. The molecule has 3 aromatic rings. The third-order valence-corrected chi connectivity index (χ3v) is 4.76. The second-order valence-corrected chi connectivity index (χ2v) is 6.73. The Hall–Kier alpha value is -0.910. The van der Waals surface area contributed by atoms with Crippen LogP contribution in [0.1, 0.15) is 18.5 Å². The summed E-state index contributed by atoms with van der Waals surface area (Å²) in [4.78, 5) is 3.27. The second-order valence-electron chi connectivity index (χ2n) is 4.65. The van der Waals surface area contributed by atoms with Crippen LogP contribution in [0, 0.1) is 4.77 Å². The lowest BCUT2D eigenvalue weighted by atomic mass is 10.1. The summed E-state index contributed by atoms with van der Waals surface area (Å²) < 4.78 is 4.06. The average molecular weight is 353 g/mol. The number of nitrogens with zero attached hydrogens (tertiary/aromatic N) is 1. The maximum atomic E-state index is 5.46. The van der Waals surface area contributed by atoms with E-state index in [1.54, 1.807) is 11.3 Å². The van der Waals surface area contributed by atoms with Crippen molar-refractivity contribution in [3.63, 3.8) is 0 Å². The minimum Gasteiger partial charge on any atom is -0.331 e. The van der Waals surface area contributed by atoms with Crippen molar-refractivity contribution >= 4 is 50.5 Å². The molecule has 98 valence electrons. The lowest BCUT2D eigenvalue weighted by molar-refractivity contribution is 0.553. The summed E-state index contributed by atoms with van der Waals surface area (Å²) in [6.07, 6.45) is 0.997. The molecule has 3 rings (SSSR count). The van der Waals surface area contributed by atoms with Gasteiger partial charge in [-0.1, -0.05) is 15.9 Å². The van der Waals surface area contributed by atoms with Crippen LogP contribution in [0.3, 0.4) is 0 Å². The van der Waals surface area contributed by atoms with Crippen molar-refractivity contribution in [1.82, 2.24) is 9.55 Å². The minimum atomic E-state index is 0.338. The van der Waals surface area contributed by atoms with Crippen molar-refractivity contribution in [3.8, 4) is 0 Å². The Kier molecular flexibility index (Phi) is 3.60. The van der Waals surface area contributed by atoms with Crippen molar-refractivity contribution in [2.75, 3.05) is 0 Å². The van der Waals surface area contributed by atoms with Gasteiger partial charge in [-0.3, -0.25) is 0 Å². The number of halogens is 1. The van der Waals surface area contributed by atoms with Crippen LogP contribution in [0.4, 0.5) is 0 Å². The average Bonchev–Trinajstić information content (AvgIpc) is 2.95. The van der Waals surface area contributed by atoms with E-state index in [1.165, 1.54) is 5.56 Å². The van der Waals surface area contributed by atoms with Gasteiger partial charge in [0.2, 0.25) is 0 Å². The predicted octanol–water partition coefficient (Wildman–Crippen LogP) is 5.33. The lowest BCUT2D eigenvalue weighted by Crippen LogP contribution is -2.07. The molecule has 2 aromatic heterocycles. The first-order chi connectivity index (χ1) is 9.15. The van der Waals surface area contributed by atoms with Crippen molar-refractivity contribution in [2.24, 2.45) is 0 Å². The molecule has 2 heterocycles. The molecule has 0 fully saturated rings. The third-order valence-electron chi connectivity index (χ3n) is 3.23. The molecule has 0 aliphatic carbocycles. The lowest BCUT2D eigenvalue weighted by Gasteiger charge is -2.14. The van der Waals surface area contributed by atoms with Crippen LogP contribution in [-0.2, 0) is 6.42 Å². The van der Waals surface area contributed by atoms with Gasteiger partial charge in [-0.25, -0.2) is 0 Å². The van der Waals surface area contributed by atoms with Gasteiger partial charge in [0.25, 0.3) is 0 Å². The van der Waals surface area contributed by atoms with Crippen LogP contribution in [0.25, 0.3) is 11.0 Å². The van der Waals surface area contributed by atoms with Gasteiger partial charge in [0.05, 0.1) is 11.0 Å². The summed E-state index contributed by atoms with van der Waals surface area (Å²) in [5.74, 6) is 0. The maximum absolute atomic E-state index is 5.46. The molecule has 0 radical (unpaired) electrons. The molecule has 0 bridgehead atoms.